The number of hydrogen-bond donors (Lipinski definition) is 1. The zero-order valence-electron chi connectivity index (χ0n) is 16.7. The lowest BCUT2D eigenvalue weighted by Crippen LogP contribution is -2.35. The highest BCUT2D eigenvalue weighted by Crippen LogP contribution is 2.19. The van der Waals surface area contributed by atoms with Crippen LogP contribution in [0.15, 0.2) is 77.4 Å². The number of aliphatic hydroxyl groups is 1. The monoisotopic (exact) mass is 455 g/mol. The molecule has 1 N–H and O–H groups in total. The van der Waals surface area contributed by atoms with Crippen LogP contribution in [0.25, 0.3) is 0 Å². The van der Waals surface area contributed by atoms with Gasteiger partial charge in [0.05, 0.1) is 0 Å². The third kappa shape index (κ3) is 6.48. The molecule has 2 aromatic carbocycles. The van der Waals surface area contributed by atoms with E-state index >= 15 is 0 Å². The van der Waals surface area contributed by atoms with Crippen molar-refractivity contribution in [3.05, 3.63) is 83.0 Å². The third-order valence-corrected chi connectivity index (χ3v) is 5.02. The number of pyridine rings is 1. The molecule has 1 heterocycles. The standard InChI is InChI=1S/C23H26BrN3O2/c1-26(2)20-10-6-18(7-11-20)15-27(23-5-3-4-14-25-23)16-21(28)17-29-22-12-8-19(24)9-13-22/h3-14,21,28H,15-17H2,1-2H3. The van der Waals surface area contributed by atoms with E-state index < -0.39 is 6.10 Å². The number of benzene rings is 2. The highest BCUT2D eigenvalue weighted by Gasteiger charge is 2.15. The van der Waals surface area contributed by atoms with Gasteiger partial charge in [-0.25, -0.2) is 4.98 Å². The van der Waals surface area contributed by atoms with Gasteiger partial charge in [0.2, 0.25) is 0 Å². The molecular formula is C23H26BrN3O2. The largest absolute Gasteiger partial charge is 0.491 e. The van der Waals surface area contributed by atoms with E-state index in [4.69, 9.17) is 4.74 Å². The van der Waals surface area contributed by atoms with E-state index in [0.29, 0.717) is 13.1 Å². The number of aromatic nitrogens is 1. The predicted molar refractivity (Wildman–Crippen MR) is 122 cm³/mol. The van der Waals surface area contributed by atoms with Crippen LogP contribution in [0.1, 0.15) is 5.56 Å². The van der Waals surface area contributed by atoms with Gasteiger partial charge in [-0.3, -0.25) is 0 Å². The molecule has 0 bridgehead atoms. The molecule has 1 atom stereocenters. The van der Waals surface area contributed by atoms with Crippen LogP contribution in [0.2, 0.25) is 0 Å². The van der Waals surface area contributed by atoms with Crippen LogP contribution in [0.5, 0.6) is 5.75 Å². The molecule has 0 spiro atoms. The predicted octanol–water partition coefficient (Wildman–Crippen LogP) is 4.36. The average molecular weight is 456 g/mol. The van der Waals surface area contributed by atoms with E-state index in [9.17, 15) is 5.11 Å². The zero-order valence-corrected chi connectivity index (χ0v) is 18.3. The summed E-state index contributed by atoms with van der Waals surface area (Å²) in [7, 11) is 4.05. The fraction of sp³-hybridized carbons (Fsp3) is 0.261. The Labute approximate surface area is 180 Å². The molecule has 0 aliphatic carbocycles. The Balaban J connectivity index is 1.66. The minimum absolute atomic E-state index is 0.213. The Hall–Kier alpha value is -2.57. The van der Waals surface area contributed by atoms with Gasteiger partial charge in [0.1, 0.15) is 24.3 Å². The number of nitrogens with zero attached hydrogens (tertiary/aromatic N) is 3. The van der Waals surface area contributed by atoms with Crippen LogP contribution in [-0.2, 0) is 6.54 Å². The molecule has 152 valence electrons. The van der Waals surface area contributed by atoms with E-state index in [-0.39, 0.29) is 6.61 Å². The molecule has 0 saturated heterocycles. The third-order valence-electron chi connectivity index (χ3n) is 4.49. The van der Waals surface area contributed by atoms with E-state index in [1.54, 1.807) is 6.20 Å². The van der Waals surface area contributed by atoms with Gasteiger partial charge in [0.25, 0.3) is 0 Å². The Kier molecular flexibility index (Phi) is 7.49. The molecule has 1 unspecified atom stereocenters. The number of ether oxygens (including phenoxy) is 1. The molecule has 0 aliphatic rings. The van der Waals surface area contributed by atoms with Crippen molar-refractivity contribution in [1.29, 1.82) is 0 Å². The second kappa shape index (κ2) is 10.3. The van der Waals surface area contributed by atoms with Crippen molar-refractivity contribution in [2.24, 2.45) is 0 Å². The van der Waals surface area contributed by atoms with Crippen LogP contribution >= 0.6 is 15.9 Å². The first-order chi connectivity index (χ1) is 14.0. The van der Waals surface area contributed by atoms with Gasteiger partial charge in [0.15, 0.2) is 0 Å². The topological polar surface area (TPSA) is 48.8 Å². The number of halogens is 1. The molecule has 29 heavy (non-hydrogen) atoms. The molecule has 0 amide bonds. The number of rotatable bonds is 9. The summed E-state index contributed by atoms with van der Waals surface area (Å²) in [6.07, 6.45) is 1.11. The van der Waals surface area contributed by atoms with Gasteiger partial charge in [0, 0.05) is 43.5 Å². The van der Waals surface area contributed by atoms with Crippen LogP contribution < -0.4 is 14.5 Å². The lowest BCUT2D eigenvalue weighted by molar-refractivity contribution is 0.112. The van der Waals surface area contributed by atoms with Crippen LogP contribution in [0.3, 0.4) is 0 Å². The van der Waals surface area contributed by atoms with E-state index in [2.05, 4.69) is 55.0 Å². The Bertz CT molecular complexity index is 871. The summed E-state index contributed by atoms with van der Waals surface area (Å²) in [5, 5.41) is 10.6. The molecule has 0 aliphatic heterocycles. The smallest absolute Gasteiger partial charge is 0.128 e. The van der Waals surface area contributed by atoms with Gasteiger partial charge in [-0.15, -0.1) is 0 Å². The van der Waals surface area contributed by atoms with Crippen molar-refractivity contribution >= 4 is 27.4 Å². The van der Waals surface area contributed by atoms with Gasteiger partial charge < -0.3 is 19.6 Å². The second-order valence-electron chi connectivity index (χ2n) is 7.05. The first-order valence-corrected chi connectivity index (χ1v) is 10.3. The summed E-state index contributed by atoms with van der Waals surface area (Å²) in [6, 6.07) is 21.8. The fourth-order valence-corrected chi connectivity index (χ4v) is 3.19. The molecule has 5 nitrogen and oxygen atoms in total. The summed E-state index contributed by atoms with van der Waals surface area (Å²) in [5.41, 5.74) is 2.31. The molecule has 0 saturated carbocycles. The summed E-state index contributed by atoms with van der Waals surface area (Å²) in [4.78, 5) is 8.61. The van der Waals surface area contributed by atoms with Gasteiger partial charge in [-0.2, -0.15) is 0 Å². The maximum absolute atomic E-state index is 10.6. The molecular weight excluding hydrogens is 430 g/mol. The fourth-order valence-electron chi connectivity index (χ4n) is 2.93. The maximum atomic E-state index is 10.6. The van der Waals surface area contributed by atoms with Crippen molar-refractivity contribution in [2.45, 2.75) is 12.6 Å². The molecule has 6 heteroatoms. The van der Waals surface area contributed by atoms with Crippen molar-refractivity contribution in [1.82, 2.24) is 4.98 Å². The molecule has 3 rings (SSSR count). The van der Waals surface area contributed by atoms with Crippen LogP contribution in [0, 0.1) is 0 Å². The quantitative estimate of drug-likeness (QED) is 0.519. The molecule has 0 fully saturated rings. The lowest BCUT2D eigenvalue weighted by atomic mass is 10.1. The normalized spacial score (nSPS) is 11.7. The molecule has 0 radical (unpaired) electrons. The van der Waals surface area contributed by atoms with Crippen LogP contribution in [0.4, 0.5) is 11.5 Å². The lowest BCUT2D eigenvalue weighted by Gasteiger charge is -2.26. The molecule has 3 aromatic rings. The minimum atomic E-state index is -0.651. The second-order valence-corrected chi connectivity index (χ2v) is 7.96. The molecule has 1 aromatic heterocycles. The van der Waals surface area contributed by atoms with Gasteiger partial charge in [-0.05, 0) is 54.1 Å². The number of aliphatic hydroxyl groups excluding tert-OH is 1. The Morgan fingerprint density at radius 1 is 1.00 bits per heavy atom. The first kappa shape index (κ1) is 21.1. The summed E-state index contributed by atoms with van der Waals surface area (Å²) in [5.74, 6) is 1.56. The van der Waals surface area contributed by atoms with Crippen molar-refractivity contribution < 1.29 is 9.84 Å². The van der Waals surface area contributed by atoms with Crippen LogP contribution in [-0.4, -0.2) is 43.4 Å². The summed E-state index contributed by atoms with van der Waals surface area (Å²) < 4.78 is 6.72. The van der Waals surface area contributed by atoms with E-state index in [0.717, 1.165) is 27.3 Å². The highest BCUT2D eigenvalue weighted by molar-refractivity contribution is 9.10. The summed E-state index contributed by atoms with van der Waals surface area (Å²) >= 11 is 3.41. The van der Waals surface area contributed by atoms with Crippen molar-refractivity contribution in [3.8, 4) is 5.75 Å². The number of hydrogen-bond acceptors (Lipinski definition) is 5. The van der Waals surface area contributed by atoms with Gasteiger partial charge >= 0.3 is 0 Å². The minimum Gasteiger partial charge on any atom is -0.491 e. The van der Waals surface area contributed by atoms with Crippen molar-refractivity contribution in [3.63, 3.8) is 0 Å². The Morgan fingerprint density at radius 3 is 2.34 bits per heavy atom. The Morgan fingerprint density at radius 2 is 1.72 bits per heavy atom. The van der Waals surface area contributed by atoms with E-state index in [1.165, 1.54) is 0 Å². The highest BCUT2D eigenvalue weighted by atomic mass is 79.9. The zero-order chi connectivity index (χ0) is 20.6. The van der Waals surface area contributed by atoms with Crippen molar-refractivity contribution in [2.75, 3.05) is 37.0 Å². The summed E-state index contributed by atoms with van der Waals surface area (Å²) in [6.45, 7) is 1.29. The average Bonchev–Trinajstić information content (AvgIpc) is 2.74. The van der Waals surface area contributed by atoms with Gasteiger partial charge in [-0.1, -0.05) is 34.1 Å². The van der Waals surface area contributed by atoms with E-state index in [1.807, 2.05) is 56.6 Å². The first-order valence-electron chi connectivity index (χ1n) is 9.50. The number of anilines is 2. The SMILES string of the molecule is CN(C)c1ccc(CN(CC(O)COc2ccc(Br)cc2)c2ccccn2)cc1. The maximum Gasteiger partial charge on any atom is 0.128 e.